The molecule has 4 nitrogen and oxygen atoms in total. The lowest BCUT2D eigenvalue weighted by Gasteiger charge is -2.24. The fourth-order valence-corrected chi connectivity index (χ4v) is 3.04. The van der Waals surface area contributed by atoms with Crippen LogP contribution in [0.15, 0.2) is 42.5 Å². The molecule has 0 aliphatic carbocycles. The van der Waals surface area contributed by atoms with Gasteiger partial charge in [0.25, 0.3) is 5.91 Å². The largest absolute Gasteiger partial charge is 0.376 e. The van der Waals surface area contributed by atoms with Crippen molar-refractivity contribution in [1.82, 2.24) is 0 Å². The van der Waals surface area contributed by atoms with Crippen molar-refractivity contribution < 1.29 is 23.0 Å². The van der Waals surface area contributed by atoms with E-state index in [0.29, 0.717) is 18.8 Å². The molecule has 0 saturated carbocycles. The van der Waals surface area contributed by atoms with E-state index in [2.05, 4.69) is 5.32 Å². The maximum Gasteiger partial charge on any atom is 0.253 e. The van der Waals surface area contributed by atoms with Crippen LogP contribution in [0.2, 0.25) is 0 Å². The van der Waals surface area contributed by atoms with Crippen molar-refractivity contribution in [3.63, 3.8) is 0 Å². The van der Waals surface area contributed by atoms with Gasteiger partial charge in [0.1, 0.15) is 17.7 Å². The molecule has 1 aliphatic rings. The van der Waals surface area contributed by atoms with Crippen LogP contribution in [0.25, 0.3) is 11.1 Å². The molecule has 1 amide bonds. The van der Waals surface area contributed by atoms with Crippen molar-refractivity contribution >= 4 is 11.6 Å². The van der Waals surface area contributed by atoms with Gasteiger partial charge in [0, 0.05) is 18.2 Å². The summed E-state index contributed by atoms with van der Waals surface area (Å²) in [5.74, 6) is -2.03. The molecule has 0 spiro atoms. The summed E-state index contributed by atoms with van der Waals surface area (Å²) in [6.07, 6.45) is 2.22. The summed E-state index contributed by atoms with van der Waals surface area (Å²) < 4.78 is 39.3. The number of anilines is 1. The van der Waals surface area contributed by atoms with Gasteiger partial charge in [0.2, 0.25) is 0 Å². The van der Waals surface area contributed by atoms with E-state index in [4.69, 9.17) is 9.47 Å². The average Bonchev–Trinajstić information content (AvgIpc) is 2.69. The second-order valence-electron chi connectivity index (χ2n) is 6.63. The summed E-state index contributed by atoms with van der Waals surface area (Å²) >= 11 is 0. The predicted octanol–water partition coefficient (Wildman–Crippen LogP) is 4.54. The molecular formula is C21H23F2NO3. The summed E-state index contributed by atoms with van der Waals surface area (Å²) in [7, 11) is 0. The Labute approximate surface area is 157 Å². The number of hydrogen-bond donors (Lipinski definition) is 1. The zero-order valence-electron chi connectivity index (χ0n) is 15.2. The van der Waals surface area contributed by atoms with Gasteiger partial charge < -0.3 is 14.8 Å². The first-order valence-electron chi connectivity index (χ1n) is 9.13. The van der Waals surface area contributed by atoms with Crippen LogP contribution in [-0.4, -0.2) is 31.3 Å². The summed E-state index contributed by atoms with van der Waals surface area (Å²) in [6.45, 7) is 2.61. The van der Waals surface area contributed by atoms with Crippen LogP contribution in [0.4, 0.5) is 14.5 Å². The van der Waals surface area contributed by atoms with Crippen molar-refractivity contribution in [2.45, 2.75) is 38.4 Å². The lowest BCUT2D eigenvalue weighted by Crippen LogP contribution is -2.33. The Morgan fingerprint density at radius 2 is 2.04 bits per heavy atom. The molecule has 2 aromatic rings. The van der Waals surface area contributed by atoms with Gasteiger partial charge in [0.05, 0.1) is 18.4 Å². The number of amides is 1. The number of hydrogen-bond acceptors (Lipinski definition) is 3. The number of ether oxygens (including phenoxy) is 2. The SMILES string of the molecule is CC(OCC1CCCCO1)C(=O)Nc1c(F)cc(F)cc1-c1ccccc1. The molecule has 1 aliphatic heterocycles. The van der Waals surface area contributed by atoms with Crippen LogP contribution in [0.1, 0.15) is 26.2 Å². The van der Waals surface area contributed by atoms with Crippen molar-refractivity contribution in [2.24, 2.45) is 0 Å². The molecule has 1 fully saturated rings. The fraction of sp³-hybridized carbons (Fsp3) is 0.381. The van der Waals surface area contributed by atoms with Crippen LogP contribution in [-0.2, 0) is 14.3 Å². The monoisotopic (exact) mass is 375 g/mol. The highest BCUT2D eigenvalue weighted by atomic mass is 19.1. The minimum Gasteiger partial charge on any atom is -0.376 e. The van der Waals surface area contributed by atoms with Crippen LogP contribution in [0.5, 0.6) is 0 Å². The van der Waals surface area contributed by atoms with Gasteiger partial charge in [-0.1, -0.05) is 30.3 Å². The number of carbonyl (C=O) groups is 1. The van der Waals surface area contributed by atoms with Gasteiger partial charge in [-0.05, 0) is 37.8 Å². The van der Waals surface area contributed by atoms with Gasteiger partial charge in [-0.15, -0.1) is 0 Å². The van der Waals surface area contributed by atoms with Crippen LogP contribution in [0.3, 0.4) is 0 Å². The third kappa shape index (κ3) is 5.11. The van der Waals surface area contributed by atoms with E-state index in [9.17, 15) is 13.6 Å². The highest BCUT2D eigenvalue weighted by Crippen LogP contribution is 2.31. The Balaban J connectivity index is 1.71. The second kappa shape index (κ2) is 9.06. The smallest absolute Gasteiger partial charge is 0.253 e. The van der Waals surface area contributed by atoms with E-state index in [1.165, 1.54) is 6.07 Å². The van der Waals surface area contributed by atoms with Crippen molar-refractivity contribution in [2.75, 3.05) is 18.5 Å². The fourth-order valence-electron chi connectivity index (χ4n) is 3.04. The summed E-state index contributed by atoms with van der Waals surface area (Å²) in [6, 6.07) is 10.7. The molecule has 2 atom stereocenters. The van der Waals surface area contributed by atoms with E-state index in [0.717, 1.165) is 25.3 Å². The molecule has 0 radical (unpaired) electrons. The topological polar surface area (TPSA) is 47.6 Å². The highest BCUT2D eigenvalue weighted by Gasteiger charge is 2.22. The van der Waals surface area contributed by atoms with Crippen LogP contribution >= 0.6 is 0 Å². The molecule has 2 unspecified atom stereocenters. The van der Waals surface area contributed by atoms with Crippen molar-refractivity contribution in [1.29, 1.82) is 0 Å². The summed E-state index contributed by atoms with van der Waals surface area (Å²) in [5.41, 5.74) is 0.830. The molecule has 144 valence electrons. The Hall–Kier alpha value is -2.31. The second-order valence-corrected chi connectivity index (χ2v) is 6.63. The highest BCUT2D eigenvalue weighted by molar-refractivity contribution is 5.98. The summed E-state index contributed by atoms with van der Waals surface area (Å²) in [5, 5.41) is 2.55. The number of carbonyl (C=O) groups excluding carboxylic acids is 1. The average molecular weight is 375 g/mol. The lowest BCUT2D eigenvalue weighted by molar-refractivity contribution is -0.130. The molecule has 1 heterocycles. The standard InChI is InChI=1S/C21H23F2NO3/c1-14(27-13-17-9-5-6-10-26-17)21(25)24-20-18(11-16(22)12-19(20)23)15-7-3-2-4-8-15/h2-4,7-8,11-12,14,17H,5-6,9-10,13H2,1H3,(H,24,25). The van der Waals surface area contributed by atoms with Gasteiger partial charge in [-0.3, -0.25) is 4.79 Å². The number of halogens is 2. The maximum absolute atomic E-state index is 14.4. The Bertz CT molecular complexity index is 776. The lowest BCUT2D eigenvalue weighted by atomic mass is 10.0. The maximum atomic E-state index is 14.4. The molecule has 2 aromatic carbocycles. The third-order valence-electron chi connectivity index (χ3n) is 4.56. The minimum atomic E-state index is -0.829. The molecule has 1 N–H and O–H groups in total. The predicted molar refractivity (Wildman–Crippen MR) is 99.4 cm³/mol. The normalized spacial score (nSPS) is 18.1. The number of benzene rings is 2. The molecule has 1 saturated heterocycles. The molecule has 27 heavy (non-hydrogen) atoms. The van der Waals surface area contributed by atoms with Gasteiger partial charge >= 0.3 is 0 Å². The van der Waals surface area contributed by atoms with Gasteiger partial charge in [0.15, 0.2) is 0 Å². The van der Waals surface area contributed by atoms with Gasteiger partial charge in [-0.2, -0.15) is 0 Å². The Kier molecular flexibility index (Phi) is 6.53. The first kappa shape index (κ1) is 19.5. The molecule has 0 bridgehead atoms. The minimum absolute atomic E-state index is 0.0172. The Morgan fingerprint density at radius 1 is 1.26 bits per heavy atom. The van der Waals surface area contributed by atoms with E-state index in [-0.39, 0.29) is 17.4 Å². The third-order valence-corrected chi connectivity index (χ3v) is 4.56. The van der Waals surface area contributed by atoms with Crippen molar-refractivity contribution in [3.8, 4) is 11.1 Å². The molecular weight excluding hydrogens is 352 g/mol. The number of nitrogens with one attached hydrogen (secondary N) is 1. The molecule has 6 heteroatoms. The zero-order valence-corrected chi connectivity index (χ0v) is 15.2. The van der Waals surface area contributed by atoms with Gasteiger partial charge in [-0.25, -0.2) is 8.78 Å². The van der Waals surface area contributed by atoms with Crippen LogP contribution in [0, 0.1) is 11.6 Å². The van der Waals surface area contributed by atoms with E-state index < -0.39 is 23.6 Å². The zero-order chi connectivity index (χ0) is 19.2. The Morgan fingerprint density at radius 3 is 2.74 bits per heavy atom. The molecule has 3 rings (SSSR count). The first-order valence-corrected chi connectivity index (χ1v) is 9.13. The first-order chi connectivity index (χ1) is 13.0. The number of rotatable bonds is 6. The van der Waals surface area contributed by atoms with E-state index >= 15 is 0 Å². The molecule has 0 aromatic heterocycles. The summed E-state index contributed by atoms with van der Waals surface area (Å²) in [4.78, 5) is 12.5. The quantitative estimate of drug-likeness (QED) is 0.806. The van der Waals surface area contributed by atoms with E-state index in [1.807, 2.05) is 0 Å². The van der Waals surface area contributed by atoms with E-state index in [1.54, 1.807) is 37.3 Å². The van der Waals surface area contributed by atoms with Crippen molar-refractivity contribution in [3.05, 3.63) is 54.1 Å². The van der Waals surface area contributed by atoms with Crippen LogP contribution < -0.4 is 5.32 Å².